The van der Waals surface area contributed by atoms with Gasteiger partial charge in [0, 0.05) is 5.56 Å². The lowest BCUT2D eigenvalue weighted by molar-refractivity contribution is 0.0867. The summed E-state index contributed by atoms with van der Waals surface area (Å²) in [6, 6.07) is 2.14. The van der Waals surface area contributed by atoms with Gasteiger partial charge in [-0.25, -0.2) is 4.39 Å². The quantitative estimate of drug-likeness (QED) is 0.872. The molecule has 2 nitrogen and oxygen atoms in total. The van der Waals surface area contributed by atoms with Gasteiger partial charge < -0.3 is 10.8 Å². The van der Waals surface area contributed by atoms with E-state index in [0.29, 0.717) is 5.02 Å². The van der Waals surface area contributed by atoms with Crippen LogP contribution in [-0.4, -0.2) is 11.2 Å². The van der Waals surface area contributed by atoms with Gasteiger partial charge in [0.2, 0.25) is 0 Å². The third-order valence-corrected chi connectivity index (χ3v) is 3.75. The average Bonchev–Trinajstić information content (AvgIpc) is 2.32. The van der Waals surface area contributed by atoms with E-state index in [4.69, 9.17) is 17.3 Å². The van der Waals surface area contributed by atoms with Gasteiger partial charge in [0.15, 0.2) is 0 Å². The minimum atomic E-state index is -0.797. The molecule has 1 aromatic carbocycles. The summed E-state index contributed by atoms with van der Waals surface area (Å²) in [5.74, 6) is -0.462. The van der Waals surface area contributed by atoms with Gasteiger partial charge in [-0.1, -0.05) is 37.9 Å². The van der Waals surface area contributed by atoms with Crippen molar-refractivity contribution in [3.8, 4) is 0 Å². The molecule has 0 saturated heterocycles. The van der Waals surface area contributed by atoms with Crippen molar-refractivity contribution in [3.63, 3.8) is 0 Å². The molecule has 1 unspecified atom stereocenters. The molecule has 0 bridgehead atoms. The predicted octanol–water partition coefficient (Wildman–Crippen LogP) is 3.19. The molecule has 0 fully saturated rings. The van der Waals surface area contributed by atoms with Gasteiger partial charge in [0.05, 0.1) is 17.2 Å². The van der Waals surface area contributed by atoms with E-state index in [2.05, 4.69) is 0 Å². The highest BCUT2D eigenvalue weighted by atomic mass is 35.5. The van der Waals surface area contributed by atoms with Crippen LogP contribution in [0.3, 0.4) is 0 Å². The molecule has 0 heterocycles. The third kappa shape index (κ3) is 2.97. The van der Waals surface area contributed by atoms with E-state index >= 15 is 0 Å². The van der Waals surface area contributed by atoms with E-state index in [1.807, 2.05) is 13.8 Å². The normalized spacial score (nSPS) is 16.6. The molecule has 0 saturated carbocycles. The summed E-state index contributed by atoms with van der Waals surface area (Å²) in [6.07, 6.45) is -0.0197. The topological polar surface area (TPSA) is 46.2 Å². The Morgan fingerprint density at radius 1 is 1.47 bits per heavy atom. The Balaban J connectivity index is 3.11. The minimum Gasteiger partial charge on any atom is -0.391 e. The SMILES string of the molecule is CCC(C)[C@H](O)[C@H](N)c1c(F)ccc(C)c1Cl. The first-order valence-corrected chi connectivity index (χ1v) is 6.16. The van der Waals surface area contributed by atoms with Crippen LogP contribution in [0.25, 0.3) is 0 Å². The number of rotatable bonds is 4. The lowest BCUT2D eigenvalue weighted by Crippen LogP contribution is -2.32. The van der Waals surface area contributed by atoms with Crippen LogP contribution >= 0.6 is 11.6 Å². The molecule has 0 amide bonds. The Hall–Kier alpha value is -0.640. The van der Waals surface area contributed by atoms with Crippen LogP contribution in [0.5, 0.6) is 0 Å². The smallest absolute Gasteiger partial charge is 0.129 e. The number of hydrogen-bond donors (Lipinski definition) is 2. The summed E-state index contributed by atoms with van der Waals surface area (Å²) in [4.78, 5) is 0. The number of benzene rings is 1. The van der Waals surface area contributed by atoms with Crippen molar-refractivity contribution >= 4 is 11.6 Å². The number of aliphatic hydroxyl groups is 1. The van der Waals surface area contributed by atoms with Gasteiger partial charge in [-0.15, -0.1) is 0 Å². The first kappa shape index (κ1) is 14.4. The maximum Gasteiger partial charge on any atom is 0.129 e. The van der Waals surface area contributed by atoms with Crippen molar-refractivity contribution < 1.29 is 9.50 Å². The second-order valence-electron chi connectivity index (χ2n) is 4.49. The van der Waals surface area contributed by atoms with Gasteiger partial charge in [0.25, 0.3) is 0 Å². The molecule has 0 aliphatic rings. The van der Waals surface area contributed by atoms with Crippen molar-refractivity contribution in [2.75, 3.05) is 0 Å². The Kier molecular flexibility index (Phi) is 4.92. The van der Waals surface area contributed by atoms with Crippen LogP contribution in [0.2, 0.25) is 5.02 Å². The number of aliphatic hydroxyl groups excluding tert-OH is 1. The summed E-state index contributed by atoms with van der Waals surface area (Å²) < 4.78 is 13.7. The van der Waals surface area contributed by atoms with E-state index in [0.717, 1.165) is 12.0 Å². The fourth-order valence-corrected chi connectivity index (χ4v) is 2.03. The number of halogens is 2. The number of nitrogens with two attached hydrogens (primary N) is 1. The largest absolute Gasteiger partial charge is 0.391 e. The fraction of sp³-hybridized carbons (Fsp3) is 0.538. The second kappa shape index (κ2) is 5.80. The average molecular weight is 260 g/mol. The summed E-state index contributed by atoms with van der Waals surface area (Å²) in [5, 5.41) is 10.3. The second-order valence-corrected chi connectivity index (χ2v) is 4.87. The Morgan fingerprint density at radius 3 is 2.59 bits per heavy atom. The summed E-state index contributed by atoms with van der Waals surface area (Å²) >= 11 is 6.05. The summed E-state index contributed by atoms with van der Waals surface area (Å²) in [7, 11) is 0. The summed E-state index contributed by atoms with van der Waals surface area (Å²) in [6.45, 7) is 5.62. The van der Waals surface area contributed by atoms with Crippen LogP contribution < -0.4 is 5.73 Å². The number of aryl methyl sites for hydroxylation is 1. The third-order valence-electron chi connectivity index (χ3n) is 3.25. The molecule has 0 aliphatic carbocycles. The van der Waals surface area contributed by atoms with Gasteiger partial charge in [0.1, 0.15) is 5.82 Å². The van der Waals surface area contributed by atoms with E-state index in [1.165, 1.54) is 6.07 Å². The highest BCUT2D eigenvalue weighted by Gasteiger charge is 2.26. The van der Waals surface area contributed by atoms with E-state index in [9.17, 15) is 9.50 Å². The highest BCUT2D eigenvalue weighted by Crippen LogP contribution is 2.31. The fourth-order valence-electron chi connectivity index (χ4n) is 1.75. The van der Waals surface area contributed by atoms with Crippen molar-refractivity contribution in [3.05, 3.63) is 34.1 Å². The van der Waals surface area contributed by atoms with Crippen LogP contribution in [0.15, 0.2) is 12.1 Å². The zero-order chi connectivity index (χ0) is 13.2. The monoisotopic (exact) mass is 259 g/mol. The Morgan fingerprint density at radius 2 is 2.06 bits per heavy atom. The molecule has 17 heavy (non-hydrogen) atoms. The van der Waals surface area contributed by atoms with Crippen molar-refractivity contribution in [2.24, 2.45) is 11.7 Å². The molecule has 1 aromatic rings. The molecule has 1 rings (SSSR count). The van der Waals surface area contributed by atoms with Gasteiger partial charge in [-0.3, -0.25) is 0 Å². The van der Waals surface area contributed by atoms with Crippen LogP contribution in [0.4, 0.5) is 4.39 Å². The molecule has 0 radical (unpaired) electrons. The zero-order valence-electron chi connectivity index (χ0n) is 10.4. The lowest BCUT2D eigenvalue weighted by Gasteiger charge is -2.25. The zero-order valence-corrected chi connectivity index (χ0v) is 11.1. The van der Waals surface area contributed by atoms with Gasteiger partial charge in [-0.2, -0.15) is 0 Å². The minimum absolute atomic E-state index is 0.000906. The molecule has 3 N–H and O–H groups in total. The maximum absolute atomic E-state index is 13.7. The summed E-state index contributed by atoms with van der Waals surface area (Å²) in [5.41, 5.74) is 6.88. The molecule has 0 aliphatic heterocycles. The van der Waals surface area contributed by atoms with Crippen molar-refractivity contribution in [1.82, 2.24) is 0 Å². The van der Waals surface area contributed by atoms with E-state index in [1.54, 1.807) is 13.0 Å². The molecule has 4 heteroatoms. The number of hydrogen-bond acceptors (Lipinski definition) is 2. The van der Waals surface area contributed by atoms with Crippen LogP contribution in [0, 0.1) is 18.7 Å². The molecule has 3 atom stereocenters. The van der Waals surface area contributed by atoms with E-state index in [-0.39, 0.29) is 11.5 Å². The Labute approximate surface area is 107 Å². The molecule has 0 aromatic heterocycles. The van der Waals surface area contributed by atoms with Crippen molar-refractivity contribution in [2.45, 2.75) is 39.3 Å². The maximum atomic E-state index is 13.7. The standard InChI is InChI=1S/C13H19ClFNO/c1-4-7(2)13(17)12(16)10-9(15)6-5-8(3)11(10)14/h5-7,12-13,17H,4,16H2,1-3H3/t7?,12-,13+/m1/s1. The highest BCUT2D eigenvalue weighted by molar-refractivity contribution is 6.32. The molecule has 0 spiro atoms. The van der Waals surface area contributed by atoms with Crippen LogP contribution in [0.1, 0.15) is 37.4 Å². The van der Waals surface area contributed by atoms with Crippen molar-refractivity contribution in [1.29, 1.82) is 0 Å². The van der Waals surface area contributed by atoms with Gasteiger partial charge in [-0.05, 0) is 24.5 Å². The lowest BCUT2D eigenvalue weighted by atomic mass is 9.90. The van der Waals surface area contributed by atoms with E-state index < -0.39 is 18.0 Å². The first-order chi connectivity index (χ1) is 7.90. The van der Waals surface area contributed by atoms with Gasteiger partial charge >= 0.3 is 0 Å². The first-order valence-electron chi connectivity index (χ1n) is 5.78. The molecular weight excluding hydrogens is 241 g/mol. The molecule has 96 valence electrons. The van der Waals surface area contributed by atoms with Crippen LogP contribution in [-0.2, 0) is 0 Å². The Bertz CT molecular complexity index is 397. The predicted molar refractivity (Wildman–Crippen MR) is 68.5 cm³/mol. The molecular formula is C13H19ClFNO.